The number of guanidine groups is 1. The van der Waals surface area contributed by atoms with E-state index in [4.69, 9.17) is 11.5 Å². The highest BCUT2D eigenvalue weighted by molar-refractivity contribution is 5.99. The van der Waals surface area contributed by atoms with Crippen molar-refractivity contribution in [2.45, 2.75) is 121 Å². The Morgan fingerprint density at radius 3 is 2.11 bits per heavy atom. The van der Waals surface area contributed by atoms with E-state index in [1.54, 1.807) is 6.20 Å². The van der Waals surface area contributed by atoms with E-state index >= 15 is 0 Å². The number of amides is 8. The Hall–Kier alpha value is -6.74. The monoisotopic (exact) mass is 892 g/mol. The van der Waals surface area contributed by atoms with Crippen LogP contribution in [0.1, 0.15) is 77.7 Å². The van der Waals surface area contributed by atoms with Gasteiger partial charge in [-0.2, -0.15) is 0 Å². The van der Waals surface area contributed by atoms with Crippen molar-refractivity contribution in [2.75, 3.05) is 26.2 Å². The van der Waals surface area contributed by atoms with Crippen molar-refractivity contribution < 1.29 is 48.3 Å². The number of hydrogen-bond donors (Lipinski definition) is 10. The topological polar surface area (TPSA) is 333 Å². The molecular formula is C42H60N12O10. The van der Waals surface area contributed by atoms with E-state index in [0.717, 1.165) is 10.9 Å². The maximum atomic E-state index is 14.2. The molecule has 12 N–H and O–H groups in total. The van der Waals surface area contributed by atoms with E-state index in [9.17, 15) is 48.3 Å². The van der Waals surface area contributed by atoms with Gasteiger partial charge < -0.3 is 63.3 Å². The van der Waals surface area contributed by atoms with Gasteiger partial charge in [0.1, 0.15) is 42.3 Å². The van der Waals surface area contributed by atoms with Gasteiger partial charge in [0, 0.05) is 43.2 Å². The van der Waals surface area contributed by atoms with Crippen molar-refractivity contribution in [3.8, 4) is 0 Å². The molecule has 0 radical (unpaired) electrons. The normalized spacial score (nSPS) is 25.9. The lowest BCUT2D eigenvalue weighted by atomic mass is 10.0. The third-order valence-corrected chi connectivity index (χ3v) is 11.5. The van der Waals surface area contributed by atoms with Gasteiger partial charge in [-0.3, -0.25) is 48.1 Å². The highest BCUT2D eigenvalue weighted by Crippen LogP contribution is 2.27. The molecule has 3 saturated heterocycles. The van der Waals surface area contributed by atoms with Gasteiger partial charge >= 0.3 is 5.97 Å². The number of nitrogens with zero attached hydrogens (tertiary/aromatic N) is 3. The van der Waals surface area contributed by atoms with Gasteiger partial charge in [0.25, 0.3) is 0 Å². The number of aromatic amines is 1. The number of carbonyl (C=O) groups excluding carboxylic acids is 8. The second-order valence-electron chi connectivity index (χ2n) is 16.9. The lowest BCUT2D eigenvalue weighted by Gasteiger charge is -2.34. The molecule has 0 unspecified atom stereocenters. The molecule has 0 spiro atoms. The number of carboxylic acid groups (broad SMARTS) is 1. The molecule has 3 aliphatic heterocycles. The number of nitrogens with one attached hydrogen (secondary N) is 7. The Balaban J connectivity index is 1.49. The Morgan fingerprint density at radius 1 is 0.781 bits per heavy atom. The maximum Gasteiger partial charge on any atom is 0.305 e. The third kappa shape index (κ3) is 12.7. The fraction of sp³-hybridized carbons (Fsp3) is 0.571. The van der Waals surface area contributed by atoms with E-state index < -0.39 is 108 Å². The van der Waals surface area contributed by atoms with Gasteiger partial charge in [-0.1, -0.05) is 32.0 Å². The summed E-state index contributed by atoms with van der Waals surface area (Å²) in [4.78, 5) is 133. The molecule has 2 aromatic rings. The van der Waals surface area contributed by atoms with Crippen LogP contribution in [-0.2, 0) is 49.6 Å². The molecule has 64 heavy (non-hydrogen) atoms. The van der Waals surface area contributed by atoms with Crippen molar-refractivity contribution in [3.63, 3.8) is 0 Å². The number of hydrogen-bond acceptors (Lipinski definition) is 10. The van der Waals surface area contributed by atoms with E-state index in [2.05, 4.69) is 41.9 Å². The van der Waals surface area contributed by atoms with Gasteiger partial charge in [0.15, 0.2) is 5.96 Å². The van der Waals surface area contributed by atoms with Gasteiger partial charge in [-0.15, -0.1) is 0 Å². The summed E-state index contributed by atoms with van der Waals surface area (Å²) in [5.41, 5.74) is 12.4. The molecule has 8 amide bonds. The van der Waals surface area contributed by atoms with Crippen molar-refractivity contribution in [3.05, 3.63) is 36.0 Å². The predicted octanol–water partition coefficient (Wildman–Crippen LogP) is -2.16. The lowest BCUT2D eigenvalue weighted by Crippen LogP contribution is -2.60. The molecule has 348 valence electrons. The summed E-state index contributed by atoms with van der Waals surface area (Å²) in [5, 5.41) is 25.9. The van der Waals surface area contributed by atoms with Crippen LogP contribution < -0.4 is 43.4 Å². The molecule has 3 fully saturated rings. The van der Waals surface area contributed by atoms with Crippen molar-refractivity contribution >= 4 is 70.1 Å². The number of aromatic nitrogens is 1. The number of nitrogens with two attached hydrogens (primary N) is 2. The number of carbonyl (C=O) groups is 9. The maximum absolute atomic E-state index is 14.2. The number of rotatable bonds is 10. The summed E-state index contributed by atoms with van der Waals surface area (Å²) in [6, 6.07) is -1.34. The quantitative estimate of drug-likeness (QED) is 0.0693. The summed E-state index contributed by atoms with van der Waals surface area (Å²) in [5.74, 6) is -7.72. The first-order valence-corrected chi connectivity index (χ1v) is 21.6. The van der Waals surface area contributed by atoms with E-state index in [1.807, 2.05) is 38.1 Å². The van der Waals surface area contributed by atoms with Crippen molar-refractivity contribution in [2.24, 2.45) is 22.4 Å². The number of aliphatic imine (C=N–C) groups is 1. The van der Waals surface area contributed by atoms with Crippen LogP contribution >= 0.6 is 0 Å². The minimum absolute atomic E-state index is 0.0417. The average molecular weight is 893 g/mol. The van der Waals surface area contributed by atoms with Gasteiger partial charge in [-0.25, -0.2) is 0 Å². The van der Waals surface area contributed by atoms with Crippen molar-refractivity contribution in [1.29, 1.82) is 0 Å². The van der Waals surface area contributed by atoms with Crippen LogP contribution in [0.15, 0.2) is 35.5 Å². The fourth-order valence-corrected chi connectivity index (χ4v) is 8.31. The zero-order chi connectivity index (χ0) is 46.7. The largest absolute Gasteiger partial charge is 0.481 e. The van der Waals surface area contributed by atoms with Crippen LogP contribution in [0.5, 0.6) is 0 Å². The van der Waals surface area contributed by atoms with Gasteiger partial charge in [0.2, 0.25) is 47.3 Å². The molecule has 0 aliphatic carbocycles. The molecule has 0 bridgehead atoms. The highest BCUT2D eigenvalue weighted by atomic mass is 16.4. The molecule has 22 heteroatoms. The Bertz CT molecular complexity index is 2120. The minimum atomic E-state index is -1.68. The fourth-order valence-electron chi connectivity index (χ4n) is 8.31. The van der Waals surface area contributed by atoms with Gasteiger partial charge in [0.05, 0.1) is 13.0 Å². The number of carboxylic acids is 1. The number of fused-ring (bicyclic) bond motifs is 3. The van der Waals surface area contributed by atoms with Crippen molar-refractivity contribution in [1.82, 2.24) is 46.7 Å². The van der Waals surface area contributed by atoms with Crippen LogP contribution in [0.4, 0.5) is 0 Å². The summed E-state index contributed by atoms with van der Waals surface area (Å²) >= 11 is 0. The molecule has 1 aromatic carbocycles. The second-order valence-corrected chi connectivity index (χ2v) is 16.9. The smallest absolute Gasteiger partial charge is 0.305 e. The number of para-hydroxylation sites is 1. The second kappa shape index (κ2) is 22.1. The zero-order valence-electron chi connectivity index (χ0n) is 36.3. The standard InChI is InChI=1S/C42H60N12O10/c1-22(2)17-30-40(63)54-16-8-13-32(54)41(64)53-15-7-12-31(53)39(62)48-23(3)35(58)51-28(18-24-20-46-26-10-5-4-9-25(24)26)37(60)50-27(11-6-14-45-42(43)44)36(59)47-21-33(55)49-29(19-34(56)57)38(61)52-30/h4-5,9-10,20,22-23,27-32,46H,6-8,11-19,21H2,1-3H3,(H,47,59)(H,48,62)(H,49,55)(H,50,60)(H,51,58)(H,52,61)(H,56,57)(H4,43,44,45)/t23-,27-,28-,29-,30-,31-,32+/m0/s1. The number of aliphatic carboxylic acids is 1. The Labute approximate surface area is 369 Å². The Morgan fingerprint density at radius 2 is 1.42 bits per heavy atom. The summed E-state index contributed by atoms with van der Waals surface area (Å²) < 4.78 is 0. The third-order valence-electron chi connectivity index (χ3n) is 11.5. The van der Waals surface area contributed by atoms with E-state index in [1.165, 1.54) is 16.7 Å². The van der Waals surface area contributed by atoms with Crippen LogP contribution in [0.3, 0.4) is 0 Å². The predicted molar refractivity (Wildman–Crippen MR) is 231 cm³/mol. The first-order valence-electron chi connectivity index (χ1n) is 21.6. The van der Waals surface area contributed by atoms with E-state index in [0.29, 0.717) is 18.4 Å². The lowest BCUT2D eigenvalue weighted by molar-refractivity contribution is -0.148. The SMILES string of the molecule is CC(C)C[C@@H]1NC(=O)[C@H](CC(=O)O)NC(=O)CNC(=O)[C@H](CCCN=C(N)N)NC(=O)[C@H](Cc2c[nH]c3ccccc23)NC(=O)[C@H](C)NC(=O)[C@@H]2CCCN2C(=O)[C@H]2CCCN2C1=O. The van der Waals surface area contributed by atoms with Crippen LogP contribution in [-0.4, -0.2) is 148 Å². The number of benzene rings is 1. The Kier molecular flexibility index (Phi) is 16.6. The summed E-state index contributed by atoms with van der Waals surface area (Å²) in [7, 11) is 0. The van der Waals surface area contributed by atoms with E-state index in [-0.39, 0.29) is 70.0 Å². The average Bonchev–Trinajstić information content (AvgIpc) is 4.03. The molecule has 0 saturated carbocycles. The minimum Gasteiger partial charge on any atom is -0.481 e. The number of H-pyrrole nitrogens is 1. The summed E-state index contributed by atoms with van der Waals surface area (Å²) in [6.45, 7) is 4.78. The molecule has 22 nitrogen and oxygen atoms in total. The van der Waals surface area contributed by atoms with Crippen LogP contribution in [0.2, 0.25) is 0 Å². The first kappa shape index (κ1) is 48.3. The molecule has 1 aromatic heterocycles. The molecule has 5 rings (SSSR count). The van der Waals surface area contributed by atoms with Gasteiger partial charge in [-0.05, 0) is 69.4 Å². The molecule has 4 heterocycles. The summed E-state index contributed by atoms with van der Waals surface area (Å²) in [6.07, 6.45) is 2.52. The van der Waals surface area contributed by atoms with Crippen LogP contribution in [0.25, 0.3) is 10.9 Å². The molecular weight excluding hydrogens is 833 g/mol. The zero-order valence-corrected chi connectivity index (χ0v) is 36.3. The first-order chi connectivity index (χ1) is 30.4. The molecule has 7 atom stereocenters. The highest BCUT2D eigenvalue weighted by Gasteiger charge is 2.44. The van der Waals surface area contributed by atoms with Crippen LogP contribution in [0, 0.1) is 5.92 Å². The molecule has 3 aliphatic rings.